The number of ether oxygens (including phenoxy) is 2. The lowest BCUT2D eigenvalue weighted by Gasteiger charge is -2.09. The Labute approximate surface area is 126 Å². The number of hydrogen-bond donors (Lipinski definition) is 2. The lowest BCUT2D eigenvalue weighted by molar-refractivity contribution is 0.354. The van der Waals surface area contributed by atoms with Crippen LogP contribution in [-0.2, 0) is 0 Å². The summed E-state index contributed by atoms with van der Waals surface area (Å²) in [5.74, 6) is 1.28. The Kier molecular flexibility index (Phi) is 3.65. The van der Waals surface area contributed by atoms with Crippen LogP contribution in [0.25, 0.3) is 11.0 Å². The molecular weight excluding hydrogens is 282 g/mol. The van der Waals surface area contributed by atoms with E-state index < -0.39 is 0 Å². The number of rotatable bonds is 4. The fourth-order valence-electron chi connectivity index (χ4n) is 2.26. The van der Waals surface area contributed by atoms with Crippen LogP contribution in [0.5, 0.6) is 11.5 Å². The molecule has 112 valence electrons. The Morgan fingerprint density at radius 3 is 2.64 bits per heavy atom. The number of H-pyrrole nitrogens is 2. The van der Waals surface area contributed by atoms with E-state index in [0.29, 0.717) is 11.5 Å². The number of aliphatic imine (C=N–C) groups is 1. The van der Waals surface area contributed by atoms with Gasteiger partial charge in [0.15, 0.2) is 11.5 Å². The van der Waals surface area contributed by atoms with Gasteiger partial charge in [-0.15, -0.1) is 0 Å². The molecule has 0 atom stereocenters. The predicted molar refractivity (Wildman–Crippen MR) is 85.7 cm³/mol. The zero-order valence-electron chi connectivity index (χ0n) is 12.2. The second-order valence-corrected chi connectivity index (χ2v) is 4.65. The van der Waals surface area contributed by atoms with Crippen LogP contribution in [0.3, 0.4) is 0 Å². The first kappa shape index (κ1) is 13.9. The van der Waals surface area contributed by atoms with Gasteiger partial charge in [-0.25, -0.2) is 4.79 Å². The number of imidazole rings is 1. The maximum atomic E-state index is 11.3. The van der Waals surface area contributed by atoms with Gasteiger partial charge in [-0.05, 0) is 30.3 Å². The Morgan fingerprint density at radius 1 is 1.05 bits per heavy atom. The lowest BCUT2D eigenvalue weighted by Crippen LogP contribution is -1.99. The maximum Gasteiger partial charge on any atom is 0.323 e. The van der Waals surface area contributed by atoms with Crippen molar-refractivity contribution >= 4 is 22.9 Å². The quantitative estimate of drug-likeness (QED) is 0.726. The number of nitrogens with zero attached hydrogens (tertiary/aromatic N) is 1. The molecule has 0 fully saturated rings. The molecule has 0 saturated heterocycles. The average molecular weight is 297 g/mol. The number of aromatic nitrogens is 2. The largest absolute Gasteiger partial charge is 0.493 e. The third-order valence-corrected chi connectivity index (χ3v) is 3.29. The molecule has 0 aliphatic rings. The second-order valence-electron chi connectivity index (χ2n) is 4.65. The SMILES string of the molecule is COc1cccc(C=Nc2ccc3[nH]c(=O)[nH]c3c2)c1OC. The highest BCUT2D eigenvalue weighted by atomic mass is 16.5. The van der Waals surface area contributed by atoms with Crippen LogP contribution >= 0.6 is 0 Å². The molecule has 6 nitrogen and oxygen atoms in total. The molecule has 1 heterocycles. The molecule has 22 heavy (non-hydrogen) atoms. The summed E-state index contributed by atoms with van der Waals surface area (Å²) in [5.41, 5.74) is 2.78. The summed E-state index contributed by atoms with van der Waals surface area (Å²) >= 11 is 0. The molecule has 3 rings (SSSR count). The zero-order chi connectivity index (χ0) is 15.5. The summed E-state index contributed by atoms with van der Waals surface area (Å²) in [6, 6.07) is 11.0. The van der Waals surface area contributed by atoms with E-state index in [9.17, 15) is 4.79 Å². The molecular formula is C16H15N3O3. The highest BCUT2D eigenvalue weighted by molar-refractivity contribution is 5.88. The minimum absolute atomic E-state index is 0.231. The van der Waals surface area contributed by atoms with Gasteiger partial charge in [0.05, 0.1) is 30.9 Å². The van der Waals surface area contributed by atoms with Gasteiger partial charge in [0.1, 0.15) is 0 Å². The van der Waals surface area contributed by atoms with Gasteiger partial charge in [0.25, 0.3) is 0 Å². The highest BCUT2D eigenvalue weighted by Crippen LogP contribution is 2.30. The summed E-state index contributed by atoms with van der Waals surface area (Å²) in [4.78, 5) is 21.1. The second kappa shape index (κ2) is 5.77. The van der Waals surface area contributed by atoms with Crippen molar-refractivity contribution in [1.82, 2.24) is 9.97 Å². The van der Waals surface area contributed by atoms with Crippen LogP contribution in [0.4, 0.5) is 5.69 Å². The molecule has 0 saturated carbocycles. The summed E-state index contributed by atoms with van der Waals surface area (Å²) < 4.78 is 10.6. The standard InChI is InChI=1S/C16H15N3O3/c1-21-14-5-3-4-10(15(14)22-2)9-17-11-6-7-12-13(8-11)19-16(20)18-12/h3-9H,1-2H3,(H2,18,19,20). The van der Waals surface area contributed by atoms with Gasteiger partial charge in [-0.3, -0.25) is 4.99 Å². The molecule has 3 aromatic rings. The highest BCUT2D eigenvalue weighted by Gasteiger charge is 2.07. The van der Waals surface area contributed by atoms with E-state index in [2.05, 4.69) is 15.0 Å². The van der Waals surface area contributed by atoms with Crippen molar-refractivity contribution in [2.45, 2.75) is 0 Å². The van der Waals surface area contributed by atoms with Crippen LogP contribution in [0.1, 0.15) is 5.56 Å². The van der Waals surface area contributed by atoms with Crippen molar-refractivity contribution in [3.8, 4) is 11.5 Å². The van der Waals surface area contributed by atoms with Crippen molar-refractivity contribution < 1.29 is 9.47 Å². The van der Waals surface area contributed by atoms with E-state index in [4.69, 9.17) is 9.47 Å². The number of fused-ring (bicyclic) bond motifs is 1. The number of benzene rings is 2. The minimum atomic E-state index is -0.231. The molecule has 0 aliphatic heterocycles. The van der Waals surface area contributed by atoms with Crippen molar-refractivity contribution in [2.75, 3.05) is 14.2 Å². The Balaban J connectivity index is 1.97. The molecule has 0 unspecified atom stereocenters. The van der Waals surface area contributed by atoms with Gasteiger partial charge in [0.2, 0.25) is 0 Å². The van der Waals surface area contributed by atoms with E-state index in [1.807, 2.05) is 30.3 Å². The fourth-order valence-corrected chi connectivity index (χ4v) is 2.26. The monoisotopic (exact) mass is 297 g/mol. The Bertz CT molecular complexity index is 893. The van der Waals surface area contributed by atoms with Gasteiger partial charge in [0, 0.05) is 11.8 Å². The van der Waals surface area contributed by atoms with Crippen molar-refractivity contribution in [3.05, 3.63) is 52.4 Å². The number of nitrogens with one attached hydrogen (secondary N) is 2. The van der Waals surface area contributed by atoms with Crippen LogP contribution in [0, 0.1) is 0 Å². The summed E-state index contributed by atoms with van der Waals surface area (Å²) in [6.07, 6.45) is 1.70. The van der Waals surface area contributed by atoms with E-state index in [1.54, 1.807) is 26.5 Å². The molecule has 2 aromatic carbocycles. The third-order valence-electron chi connectivity index (χ3n) is 3.29. The first-order valence-electron chi connectivity index (χ1n) is 6.68. The molecule has 0 spiro atoms. The molecule has 2 N–H and O–H groups in total. The number of hydrogen-bond acceptors (Lipinski definition) is 4. The minimum Gasteiger partial charge on any atom is -0.493 e. The topological polar surface area (TPSA) is 79.5 Å². The number of aromatic amines is 2. The Morgan fingerprint density at radius 2 is 1.86 bits per heavy atom. The van der Waals surface area contributed by atoms with Crippen molar-refractivity contribution in [3.63, 3.8) is 0 Å². The molecule has 0 amide bonds. The average Bonchev–Trinajstić information content (AvgIpc) is 2.91. The fraction of sp³-hybridized carbons (Fsp3) is 0.125. The molecule has 0 radical (unpaired) electrons. The summed E-state index contributed by atoms with van der Waals surface area (Å²) in [7, 11) is 3.18. The number of para-hydroxylation sites is 1. The van der Waals surface area contributed by atoms with Crippen molar-refractivity contribution in [2.24, 2.45) is 4.99 Å². The first-order valence-corrected chi connectivity index (χ1v) is 6.68. The van der Waals surface area contributed by atoms with Gasteiger partial charge < -0.3 is 19.4 Å². The number of methoxy groups -OCH3 is 2. The van der Waals surface area contributed by atoms with E-state index in [1.165, 1.54) is 0 Å². The van der Waals surface area contributed by atoms with Crippen LogP contribution in [-0.4, -0.2) is 30.4 Å². The maximum absolute atomic E-state index is 11.3. The van der Waals surface area contributed by atoms with Crippen molar-refractivity contribution in [1.29, 1.82) is 0 Å². The molecule has 6 heteroatoms. The predicted octanol–water partition coefficient (Wildman–Crippen LogP) is 2.62. The van der Waals surface area contributed by atoms with Crippen LogP contribution in [0.2, 0.25) is 0 Å². The Hall–Kier alpha value is -3.02. The molecule has 0 bridgehead atoms. The summed E-state index contributed by atoms with van der Waals surface area (Å²) in [6.45, 7) is 0. The third kappa shape index (κ3) is 2.58. The van der Waals surface area contributed by atoms with E-state index >= 15 is 0 Å². The van der Waals surface area contributed by atoms with Crippen LogP contribution < -0.4 is 15.2 Å². The smallest absolute Gasteiger partial charge is 0.323 e. The van der Waals surface area contributed by atoms with Crippen LogP contribution in [0.15, 0.2) is 46.2 Å². The normalized spacial score (nSPS) is 11.2. The van der Waals surface area contributed by atoms with Gasteiger partial charge >= 0.3 is 5.69 Å². The molecule has 1 aromatic heterocycles. The van der Waals surface area contributed by atoms with Gasteiger partial charge in [-0.1, -0.05) is 6.07 Å². The van der Waals surface area contributed by atoms with Gasteiger partial charge in [-0.2, -0.15) is 0 Å². The summed E-state index contributed by atoms with van der Waals surface area (Å²) in [5, 5.41) is 0. The van der Waals surface area contributed by atoms with E-state index in [-0.39, 0.29) is 5.69 Å². The molecule has 0 aliphatic carbocycles. The lowest BCUT2D eigenvalue weighted by atomic mass is 10.2. The zero-order valence-corrected chi connectivity index (χ0v) is 12.2. The first-order chi connectivity index (χ1) is 10.7. The van der Waals surface area contributed by atoms with E-state index in [0.717, 1.165) is 22.3 Å².